The second kappa shape index (κ2) is 6.18. The standard InChI is InChI=1S/C18H15NO3/c20-18(21)14-6-8-15(9-7-14)19-12-16-10-11-17(22-16)13-4-2-1-3-5-13/h1-11,19H,12H2,(H,20,21). The molecule has 0 saturated carbocycles. The number of hydrogen-bond donors (Lipinski definition) is 2. The first-order valence-corrected chi connectivity index (χ1v) is 6.94. The zero-order valence-corrected chi connectivity index (χ0v) is 11.8. The Hall–Kier alpha value is -3.01. The molecule has 0 unspecified atom stereocenters. The molecule has 0 bridgehead atoms. The molecule has 3 aromatic rings. The van der Waals surface area contributed by atoms with Gasteiger partial charge in [0, 0.05) is 11.3 Å². The lowest BCUT2D eigenvalue weighted by Crippen LogP contribution is -2.00. The number of aromatic carboxylic acids is 1. The molecule has 0 radical (unpaired) electrons. The first-order chi connectivity index (χ1) is 10.7. The van der Waals surface area contributed by atoms with Gasteiger partial charge in [0.15, 0.2) is 0 Å². The fourth-order valence-corrected chi connectivity index (χ4v) is 2.15. The number of rotatable bonds is 5. The maximum Gasteiger partial charge on any atom is 0.335 e. The Morgan fingerprint density at radius 3 is 2.36 bits per heavy atom. The summed E-state index contributed by atoms with van der Waals surface area (Å²) in [6, 6.07) is 20.4. The van der Waals surface area contributed by atoms with E-state index in [1.165, 1.54) is 0 Å². The Labute approximate surface area is 128 Å². The van der Waals surface area contributed by atoms with Gasteiger partial charge in [-0.3, -0.25) is 0 Å². The predicted octanol–water partition coefficient (Wildman–Crippen LogP) is 4.26. The van der Waals surface area contributed by atoms with Gasteiger partial charge >= 0.3 is 5.97 Å². The van der Waals surface area contributed by atoms with E-state index in [0.29, 0.717) is 6.54 Å². The number of nitrogens with one attached hydrogen (secondary N) is 1. The molecule has 0 aliphatic carbocycles. The molecule has 0 aliphatic heterocycles. The monoisotopic (exact) mass is 293 g/mol. The van der Waals surface area contributed by atoms with E-state index in [1.807, 2.05) is 42.5 Å². The third-order valence-corrected chi connectivity index (χ3v) is 3.32. The zero-order valence-electron chi connectivity index (χ0n) is 11.8. The number of carbonyl (C=O) groups is 1. The first kappa shape index (κ1) is 13.9. The fraction of sp³-hybridized carbons (Fsp3) is 0.0556. The van der Waals surface area contributed by atoms with Crippen LogP contribution < -0.4 is 5.32 Å². The quantitative estimate of drug-likeness (QED) is 0.738. The van der Waals surface area contributed by atoms with Crippen LogP contribution in [0.25, 0.3) is 11.3 Å². The van der Waals surface area contributed by atoms with Gasteiger partial charge in [0.1, 0.15) is 11.5 Å². The minimum absolute atomic E-state index is 0.273. The molecule has 2 N–H and O–H groups in total. The van der Waals surface area contributed by atoms with Crippen LogP contribution in [0.15, 0.2) is 71.1 Å². The molecule has 1 aromatic heterocycles. The van der Waals surface area contributed by atoms with E-state index in [2.05, 4.69) is 5.32 Å². The molecule has 4 nitrogen and oxygen atoms in total. The van der Waals surface area contributed by atoms with Crippen molar-refractivity contribution in [2.24, 2.45) is 0 Å². The van der Waals surface area contributed by atoms with Crippen molar-refractivity contribution in [3.05, 3.63) is 78.1 Å². The van der Waals surface area contributed by atoms with E-state index in [4.69, 9.17) is 9.52 Å². The van der Waals surface area contributed by atoms with Crippen LogP contribution in [0.1, 0.15) is 16.1 Å². The summed E-state index contributed by atoms with van der Waals surface area (Å²) in [5.74, 6) is 0.727. The molecule has 22 heavy (non-hydrogen) atoms. The summed E-state index contributed by atoms with van der Waals surface area (Å²) in [4.78, 5) is 10.8. The zero-order chi connectivity index (χ0) is 15.4. The van der Waals surface area contributed by atoms with Crippen LogP contribution >= 0.6 is 0 Å². The van der Waals surface area contributed by atoms with Crippen molar-refractivity contribution in [2.75, 3.05) is 5.32 Å². The molecule has 0 aliphatic rings. The highest BCUT2D eigenvalue weighted by Gasteiger charge is 2.05. The third kappa shape index (κ3) is 3.17. The summed E-state index contributed by atoms with van der Waals surface area (Å²) in [5.41, 5.74) is 2.16. The average Bonchev–Trinajstić information content (AvgIpc) is 3.03. The molecule has 0 atom stereocenters. The van der Waals surface area contributed by atoms with E-state index < -0.39 is 5.97 Å². The molecule has 0 spiro atoms. The van der Waals surface area contributed by atoms with Crippen LogP contribution in [-0.2, 0) is 6.54 Å². The number of anilines is 1. The summed E-state index contributed by atoms with van der Waals surface area (Å²) in [6.45, 7) is 0.541. The number of furan rings is 1. The van der Waals surface area contributed by atoms with Gasteiger partial charge in [0.25, 0.3) is 0 Å². The van der Waals surface area contributed by atoms with Crippen LogP contribution in [0.2, 0.25) is 0 Å². The van der Waals surface area contributed by atoms with Crippen molar-refractivity contribution in [3.63, 3.8) is 0 Å². The first-order valence-electron chi connectivity index (χ1n) is 6.94. The van der Waals surface area contributed by atoms with Crippen molar-refractivity contribution in [2.45, 2.75) is 6.54 Å². The van der Waals surface area contributed by atoms with Crippen LogP contribution in [0.4, 0.5) is 5.69 Å². The van der Waals surface area contributed by atoms with Crippen LogP contribution in [0.5, 0.6) is 0 Å². The molecule has 1 heterocycles. The largest absolute Gasteiger partial charge is 0.478 e. The van der Waals surface area contributed by atoms with E-state index in [1.54, 1.807) is 24.3 Å². The smallest absolute Gasteiger partial charge is 0.335 e. The molecular weight excluding hydrogens is 278 g/mol. The second-order valence-corrected chi connectivity index (χ2v) is 4.87. The topological polar surface area (TPSA) is 62.5 Å². The number of benzene rings is 2. The van der Waals surface area contributed by atoms with Crippen molar-refractivity contribution in [3.8, 4) is 11.3 Å². The van der Waals surface area contributed by atoms with Gasteiger partial charge < -0.3 is 14.8 Å². The normalized spacial score (nSPS) is 10.4. The van der Waals surface area contributed by atoms with Gasteiger partial charge in [-0.1, -0.05) is 30.3 Å². The van der Waals surface area contributed by atoms with Crippen molar-refractivity contribution < 1.29 is 14.3 Å². The Bertz CT molecular complexity index is 761. The molecule has 0 amide bonds. The predicted molar refractivity (Wildman–Crippen MR) is 84.9 cm³/mol. The summed E-state index contributed by atoms with van der Waals surface area (Å²) >= 11 is 0. The Morgan fingerprint density at radius 1 is 0.955 bits per heavy atom. The van der Waals surface area contributed by atoms with Gasteiger partial charge in [-0.25, -0.2) is 4.79 Å². The van der Waals surface area contributed by atoms with E-state index in [0.717, 1.165) is 22.8 Å². The molecule has 110 valence electrons. The molecule has 0 saturated heterocycles. The summed E-state index contributed by atoms with van der Waals surface area (Å²) < 4.78 is 5.80. The highest BCUT2D eigenvalue weighted by atomic mass is 16.4. The maximum atomic E-state index is 10.8. The maximum absolute atomic E-state index is 10.8. The fourth-order valence-electron chi connectivity index (χ4n) is 2.15. The number of carboxylic acid groups (broad SMARTS) is 1. The molecule has 3 rings (SSSR count). The van der Waals surface area contributed by atoms with E-state index >= 15 is 0 Å². The summed E-state index contributed by atoms with van der Waals surface area (Å²) in [6.07, 6.45) is 0. The van der Waals surface area contributed by atoms with Gasteiger partial charge in [-0.05, 0) is 36.4 Å². The summed E-state index contributed by atoms with van der Waals surface area (Å²) in [7, 11) is 0. The lowest BCUT2D eigenvalue weighted by atomic mass is 10.2. The molecule has 2 aromatic carbocycles. The highest BCUT2D eigenvalue weighted by Crippen LogP contribution is 2.22. The van der Waals surface area contributed by atoms with Gasteiger partial charge in [-0.2, -0.15) is 0 Å². The Morgan fingerprint density at radius 2 is 1.68 bits per heavy atom. The lowest BCUT2D eigenvalue weighted by molar-refractivity contribution is 0.0697. The SMILES string of the molecule is O=C(O)c1ccc(NCc2ccc(-c3ccccc3)o2)cc1. The van der Waals surface area contributed by atoms with Crippen molar-refractivity contribution >= 4 is 11.7 Å². The Balaban J connectivity index is 1.65. The number of carboxylic acids is 1. The average molecular weight is 293 g/mol. The molecule has 4 heteroatoms. The van der Waals surface area contributed by atoms with Crippen molar-refractivity contribution in [1.29, 1.82) is 0 Å². The van der Waals surface area contributed by atoms with Crippen molar-refractivity contribution in [1.82, 2.24) is 0 Å². The van der Waals surface area contributed by atoms with E-state index in [9.17, 15) is 4.79 Å². The van der Waals surface area contributed by atoms with Crippen LogP contribution in [-0.4, -0.2) is 11.1 Å². The minimum Gasteiger partial charge on any atom is -0.478 e. The lowest BCUT2D eigenvalue weighted by Gasteiger charge is -2.04. The van der Waals surface area contributed by atoms with Crippen LogP contribution in [0, 0.1) is 0 Å². The number of hydrogen-bond acceptors (Lipinski definition) is 3. The summed E-state index contributed by atoms with van der Waals surface area (Å²) in [5, 5.41) is 12.1. The third-order valence-electron chi connectivity index (χ3n) is 3.32. The molecule has 0 fully saturated rings. The van der Waals surface area contributed by atoms with Gasteiger partial charge in [-0.15, -0.1) is 0 Å². The van der Waals surface area contributed by atoms with E-state index in [-0.39, 0.29) is 5.56 Å². The van der Waals surface area contributed by atoms with Crippen LogP contribution in [0.3, 0.4) is 0 Å². The minimum atomic E-state index is -0.926. The Kier molecular flexibility index (Phi) is 3.92. The van der Waals surface area contributed by atoms with Gasteiger partial charge in [0.05, 0.1) is 12.1 Å². The second-order valence-electron chi connectivity index (χ2n) is 4.87. The van der Waals surface area contributed by atoms with Gasteiger partial charge in [0.2, 0.25) is 0 Å². The highest BCUT2D eigenvalue weighted by molar-refractivity contribution is 5.87. The molecular formula is C18H15NO3.